The summed E-state index contributed by atoms with van der Waals surface area (Å²) in [5.74, 6) is 0. The molecule has 2 atom stereocenters. The van der Waals surface area contributed by atoms with Gasteiger partial charge < -0.3 is 5.32 Å². The molecule has 0 bridgehead atoms. The lowest BCUT2D eigenvalue weighted by Gasteiger charge is -2.19. The van der Waals surface area contributed by atoms with Crippen LogP contribution >= 0.6 is 11.3 Å². The van der Waals surface area contributed by atoms with E-state index in [4.69, 9.17) is 0 Å². The van der Waals surface area contributed by atoms with Gasteiger partial charge in [0.2, 0.25) is 10.0 Å². The molecule has 104 valence electrons. The van der Waals surface area contributed by atoms with Crippen molar-refractivity contribution in [1.29, 1.82) is 0 Å². The van der Waals surface area contributed by atoms with Crippen LogP contribution in [-0.2, 0) is 10.0 Å². The molecule has 0 saturated heterocycles. The number of nitrogens with one attached hydrogen (secondary N) is 2. The highest BCUT2D eigenvalue weighted by Crippen LogP contribution is 2.23. The second kappa shape index (κ2) is 7.23. The Morgan fingerprint density at radius 3 is 2.61 bits per heavy atom. The first-order chi connectivity index (χ1) is 8.51. The summed E-state index contributed by atoms with van der Waals surface area (Å²) in [6.45, 7) is 6.94. The minimum atomic E-state index is -3.28. The van der Waals surface area contributed by atoms with Crippen LogP contribution in [-0.4, -0.2) is 26.8 Å². The van der Waals surface area contributed by atoms with Crippen LogP contribution in [0, 0.1) is 0 Å². The molecule has 2 unspecified atom stereocenters. The monoisotopic (exact) mass is 290 g/mol. The summed E-state index contributed by atoms with van der Waals surface area (Å²) >= 11 is 1.58. The summed E-state index contributed by atoms with van der Waals surface area (Å²) in [6.07, 6.45) is 0.758. The highest BCUT2D eigenvalue weighted by atomic mass is 32.2. The van der Waals surface area contributed by atoms with Crippen molar-refractivity contribution >= 4 is 21.4 Å². The van der Waals surface area contributed by atoms with Gasteiger partial charge >= 0.3 is 0 Å². The van der Waals surface area contributed by atoms with E-state index in [1.165, 1.54) is 0 Å². The smallest absolute Gasteiger partial charge is 0.216 e. The van der Waals surface area contributed by atoms with E-state index in [1.54, 1.807) is 18.3 Å². The van der Waals surface area contributed by atoms with Gasteiger partial charge in [-0.2, -0.15) is 0 Å². The summed E-state index contributed by atoms with van der Waals surface area (Å²) in [4.78, 5) is 1.07. The van der Waals surface area contributed by atoms with E-state index in [1.807, 2.05) is 31.4 Å². The van der Waals surface area contributed by atoms with Crippen molar-refractivity contribution in [2.45, 2.75) is 38.5 Å². The number of hydrogen-bond acceptors (Lipinski definition) is 4. The lowest BCUT2D eigenvalue weighted by Crippen LogP contribution is -2.40. The average molecular weight is 290 g/mol. The fourth-order valence-electron chi connectivity index (χ4n) is 1.60. The van der Waals surface area contributed by atoms with Crippen LogP contribution in [0.15, 0.2) is 17.5 Å². The van der Waals surface area contributed by atoms with Crippen molar-refractivity contribution in [3.63, 3.8) is 0 Å². The maximum Gasteiger partial charge on any atom is 0.216 e. The van der Waals surface area contributed by atoms with Crippen LogP contribution in [0.1, 0.15) is 38.1 Å². The number of sulfonamides is 1. The van der Waals surface area contributed by atoms with Crippen molar-refractivity contribution in [3.05, 3.63) is 22.4 Å². The van der Waals surface area contributed by atoms with E-state index in [2.05, 4.69) is 10.0 Å². The van der Waals surface area contributed by atoms with Gasteiger partial charge in [-0.15, -0.1) is 11.3 Å². The largest absolute Gasteiger partial charge is 0.316 e. The van der Waals surface area contributed by atoms with E-state index in [-0.39, 0.29) is 6.04 Å². The molecule has 0 aliphatic heterocycles. The number of thiophene rings is 1. The average Bonchev–Trinajstić information content (AvgIpc) is 2.86. The lowest BCUT2D eigenvalue weighted by molar-refractivity contribution is 0.535. The zero-order chi connectivity index (χ0) is 13.6. The minimum absolute atomic E-state index is 0.112. The predicted molar refractivity (Wildman–Crippen MR) is 77.4 cm³/mol. The van der Waals surface area contributed by atoms with Crippen molar-refractivity contribution in [1.82, 2.24) is 10.0 Å². The van der Waals surface area contributed by atoms with Crippen LogP contribution in [0.25, 0.3) is 0 Å². The van der Waals surface area contributed by atoms with Gasteiger partial charge in [-0.1, -0.05) is 19.9 Å². The Balaban J connectivity index is 2.68. The van der Waals surface area contributed by atoms with Gasteiger partial charge in [0, 0.05) is 11.4 Å². The first-order valence-electron chi connectivity index (χ1n) is 6.26. The first kappa shape index (κ1) is 15.6. The highest BCUT2D eigenvalue weighted by Gasteiger charge is 2.24. The van der Waals surface area contributed by atoms with Crippen molar-refractivity contribution in [2.24, 2.45) is 0 Å². The van der Waals surface area contributed by atoms with Gasteiger partial charge in [-0.25, -0.2) is 13.1 Å². The highest BCUT2D eigenvalue weighted by molar-refractivity contribution is 7.90. The van der Waals surface area contributed by atoms with Gasteiger partial charge in [0.05, 0.1) is 11.3 Å². The summed E-state index contributed by atoms with van der Waals surface area (Å²) in [6, 6.07) is 3.80. The Hall–Kier alpha value is -0.430. The molecule has 0 spiro atoms. The summed E-state index contributed by atoms with van der Waals surface area (Å²) in [7, 11) is -3.28. The van der Waals surface area contributed by atoms with Crippen LogP contribution in [0.4, 0.5) is 0 Å². The molecule has 1 aromatic rings. The van der Waals surface area contributed by atoms with Crippen molar-refractivity contribution < 1.29 is 8.42 Å². The maximum atomic E-state index is 12.2. The summed E-state index contributed by atoms with van der Waals surface area (Å²) in [5, 5.41) is 4.61. The van der Waals surface area contributed by atoms with Gasteiger partial charge in [0.25, 0.3) is 0 Å². The summed E-state index contributed by atoms with van der Waals surface area (Å²) < 4.78 is 27.1. The number of rotatable bonds is 8. The molecule has 0 aliphatic carbocycles. The van der Waals surface area contributed by atoms with Gasteiger partial charge in [0.1, 0.15) is 0 Å². The molecule has 0 radical (unpaired) electrons. The molecule has 1 rings (SSSR count). The van der Waals surface area contributed by atoms with Gasteiger partial charge in [-0.3, -0.25) is 0 Å². The normalized spacial score (nSPS) is 15.5. The SMILES string of the molecule is CCNCC(C)S(=O)(=O)NC(CC)c1cccs1. The molecule has 18 heavy (non-hydrogen) atoms. The Morgan fingerprint density at radius 2 is 2.11 bits per heavy atom. The zero-order valence-corrected chi connectivity index (χ0v) is 12.8. The second-order valence-electron chi connectivity index (χ2n) is 4.26. The first-order valence-corrected chi connectivity index (χ1v) is 8.69. The molecular weight excluding hydrogens is 268 g/mol. The fourth-order valence-corrected chi connectivity index (χ4v) is 3.80. The molecule has 2 N–H and O–H groups in total. The number of hydrogen-bond donors (Lipinski definition) is 2. The van der Waals surface area contributed by atoms with Crippen LogP contribution in [0.5, 0.6) is 0 Å². The standard InChI is InChI=1S/C12H22N2O2S2/c1-4-11(12-7-6-8-17-12)14-18(15,16)10(3)9-13-5-2/h6-8,10-11,13-14H,4-5,9H2,1-3H3. The minimum Gasteiger partial charge on any atom is -0.316 e. The molecular formula is C12H22N2O2S2. The summed E-state index contributed by atoms with van der Waals surface area (Å²) in [5.41, 5.74) is 0. The van der Waals surface area contributed by atoms with Crippen LogP contribution in [0.2, 0.25) is 0 Å². The molecule has 0 aliphatic rings. The third kappa shape index (κ3) is 4.35. The topological polar surface area (TPSA) is 58.2 Å². The molecule has 1 heterocycles. The Kier molecular flexibility index (Phi) is 6.28. The van der Waals surface area contributed by atoms with E-state index in [0.29, 0.717) is 6.54 Å². The van der Waals surface area contributed by atoms with E-state index in [9.17, 15) is 8.42 Å². The fraction of sp³-hybridized carbons (Fsp3) is 0.667. The maximum absolute atomic E-state index is 12.2. The second-order valence-corrected chi connectivity index (χ2v) is 7.37. The lowest BCUT2D eigenvalue weighted by atomic mass is 10.2. The van der Waals surface area contributed by atoms with Crippen LogP contribution < -0.4 is 10.0 Å². The third-order valence-corrected chi connectivity index (χ3v) is 5.64. The molecule has 0 saturated carbocycles. The molecule has 6 heteroatoms. The van der Waals surface area contributed by atoms with Gasteiger partial charge in [0.15, 0.2) is 0 Å². The molecule has 0 fully saturated rings. The Bertz CT molecular complexity index is 429. The quantitative estimate of drug-likeness (QED) is 0.771. The molecule has 1 aromatic heterocycles. The zero-order valence-electron chi connectivity index (χ0n) is 11.1. The van der Waals surface area contributed by atoms with E-state index < -0.39 is 15.3 Å². The Labute approximate surface area is 114 Å². The third-order valence-electron chi connectivity index (χ3n) is 2.81. The van der Waals surface area contributed by atoms with Crippen molar-refractivity contribution in [3.8, 4) is 0 Å². The predicted octanol–water partition coefficient (Wildman–Crippen LogP) is 2.12. The molecule has 0 amide bonds. The van der Waals surface area contributed by atoms with Crippen molar-refractivity contribution in [2.75, 3.05) is 13.1 Å². The van der Waals surface area contributed by atoms with Crippen LogP contribution in [0.3, 0.4) is 0 Å². The van der Waals surface area contributed by atoms with E-state index in [0.717, 1.165) is 17.8 Å². The molecule has 4 nitrogen and oxygen atoms in total. The molecule has 0 aromatic carbocycles. The van der Waals surface area contributed by atoms with E-state index >= 15 is 0 Å². The Morgan fingerprint density at radius 1 is 1.39 bits per heavy atom. The van der Waals surface area contributed by atoms with Gasteiger partial charge in [-0.05, 0) is 31.3 Å².